The molecule has 0 atom stereocenters. The van der Waals surface area contributed by atoms with Crippen LogP contribution in [0.1, 0.15) is 36.2 Å². The molecule has 19 heavy (non-hydrogen) atoms. The van der Waals surface area contributed by atoms with Crippen molar-refractivity contribution < 1.29 is 9.59 Å². The van der Waals surface area contributed by atoms with Crippen LogP contribution in [0.5, 0.6) is 0 Å². The van der Waals surface area contributed by atoms with Crippen molar-refractivity contribution in [3.63, 3.8) is 0 Å². The molecule has 0 saturated carbocycles. The number of hydrogen-bond donors (Lipinski definition) is 3. The summed E-state index contributed by atoms with van der Waals surface area (Å²) in [7, 11) is 0. The second kappa shape index (κ2) is 6.33. The predicted molar refractivity (Wildman–Crippen MR) is 74.6 cm³/mol. The highest BCUT2D eigenvalue weighted by molar-refractivity contribution is 5.96. The van der Waals surface area contributed by atoms with E-state index in [1.54, 1.807) is 26.0 Å². The van der Waals surface area contributed by atoms with E-state index in [0.29, 0.717) is 18.5 Å². The summed E-state index contributed by atoms with van der Waals surface area (Å²) in [6.07, 6.45) is 0.734. The maximum absolute atomic E-state index is 12.2. The molecule has 104 valence electrons. The standard InChI is InChI=1S/C14H21N3O2/c1-14(2,9-12(16)18)17-13(19)11-6-4-3-5-10(11)7-8-15/h3-6H,7-9,15H2,1-2H3,(H2,16,18)(H,17,19). The SMILES string of the molecule is CC(C)(CC(N)=O)NC(=O)c1ccccc1CCN. The van der Waals surface area contributed by atoms with Gasteiger partial charge < -0.3 is 16.8 Å². The van der Waals surface area contributed by atoms with E-state index < -0.39 is 11.4 Å². The monoisotopic (exact) mass is 263 g/mol. The highest BCUT2D eigenvalue weighted by Gasteiger charge is 2.24. The molecule has 2 amide bonds. The van der Waals surface area contributed by atoms with Gasteiger partial charge in [-0.3, -0.25) is 9.59 Å². The molecule has 0 radical (unpaired) electrons. The summed E-state index contributed by atoms with van der Waals surface area (Å²) in [5.41, 5.74) is 11.5. The van der Waals surface area contributed by atoms with Gasteiger partial charge in [-0.05, 0) is 38.4 Å². The van der Waals surface area contributed by atoms with Gasteiger partial charge in [0.1, 0.15) is 0 Å². The first kappa shape index (κ1) is 15.2. The Morgan fingerprint density at radius 1 is 1.26 bits per heavy atom. The van der Waals surface area contributed by atoms with Gasteiger partial charge in [0.25, 0.3) is 5.91 Å². The fraction of sp³-hybridized carbons (Fsp3) is 0.429. The minimum absolute atomic E-state index is 0.0950. The normalized spacial score (nSPS) is 11.1. The second-order valence-corrected chi connectivity index (χ2v) is 5.18. The average Bonchev–Trinajstić information content (AvgIpc) is 2.27. The van der Waals surface area contributed by atoms with Crippen molar-refractivity contribution >= 4 is 11.8 Å². The molecule has 0 fully saturated rings. The number of rotatable bonds is 6. The van der Waals surface area contributed by atoms with E-state index in [1.807, 2.05) is 12.1 Å². The Hall–Kier alpha value is -1.88. The molecule has 1 aromatic carbocycles. The topological polar surface area (TPSA) is 98.2 Å². The van der Waals surface area contributed by atoms with Crippen molar-refractivity contribution in [1.82, 2.24) is 5.32 Å². The Bertz CT molecular complexity index is 470. The summed E-state index contributed by atoms with van der Waals surface area (Å²) in [5, 5.41) is 2.82. The zero-order valence-corrected chi connectivity index (χ0v) is 11.4. The highest BCUT2D eigenvalue weighted by atomic mass is 16.2. The predicted octanol–water partition coefficient (Wildman–Crippen LogP) is 0.572. The van der Waals surface area contributed by atoms with Gasteiger partial charge in [-0.2, -0.15) is 0 Å². The zero-order valence-electron chi connectivity index (χ0n) is 11.4. The van der Waals surface area contributed by atoms with E-state index in [1.165, 1.54) is 0 Å². The molecule has 0 unspecified atom stereocenters. The lowest BCUT2D eigenvalue weighted by atomic mass is 9.98. The van der Waals surface area contributed by atoms with Gasteiger partial charge in [0.2, 0.25) is 5.91 Å². The van der Waals surface area contributed by atoms with Crippen LogP contribution in [-0.2, 0) is 11.2 Å². The Morgan fingerprint density at radius 3 is 2.47 bits per heavy atom. The summed E-state index contributed by atoms with van der Waals surface area (Å²) < 4.78 is 0. The summed E-state index contributed by atoms with van der Waals surface area (Å²) in [6.45, 7) is 4.01. The van der Waals surface area contributed by atoms with E-state index in [2.05, 4.69) is 5.32 Å². The van der Waals surface area contributed by atoms with Crippen LogP contribution in [-0.4, -0.2) is 23.9 Å². The zero-order chi connectivity index (χ0) is 14.5. The number of carbonyl (C=O) groups excluding carboxylic acids is 2. The van der Waals surface area contributed by atoms with E-state index in [0.717, 1.165) is 5.56 Å². The quantitative estimate of drug-likeness (QED) is 0.699. The van der Waals surface area contributed by atoms with E-state index >= 15 is 0 Å². The van der Waals surface area contributed by atoms with Crippen LogP contribution in [0, 0.1) is 0 Å². The third-order valence-electron chi connectivity index (χ3n) is 2.74. The van der Waals surface area contributed by atoms with Gasteiger partial charge in [-0.1, -0.05) is 18.2 Å². The summed E-state index contributed by atoms with van der Waals surface area (Å²) in [4.78, 5) is 23.2. The lowest BCUT2D eigenvalue weighted by Crippen LogP contribution is -2.46. The Balaban J connectivity index is 2.86. The lowest BCUT2D eigenvalue weighted by Gasteiger charge is -2.25. The molecule has 0 bridgehead atoms. The Kier molecular flexibility index (Phi) is 5.06. The molecule has 0 aliphatic heterocycles. The minimum atomic E-state index is -0.668. The first-order valence-electron chi connectivity index (χ1n) is 6.24. The second-order valence-electron chi connectivity index (χ2n) is 5.18. The van der Waals surface area contributed by atoms with Gasteiger partial charge in [0.15, 0.2) is 0 Å². The van der Waals surface area contributed by atoms with Gasteiger partial charge >= 0.3 is 0 Å². The van der Waals surface area contributed by atoms with E-state index in [-0.39, 0.29) is 12.3 Å². The number of nitrogens with two attached hydrogens (primary N) is 2. The number of hydrogen-bond acceptors (Lipinski definition) is 3. The molecule has 1 rings (SSSR count). The molecule has 5 nitrogen and oxygen atoms in total. The summed E-state index contributed by atoms with van der Waals surface area (Å²) >= 11 is 0. The maximum Gasteiger partial charge on any atom is 0.251 e. The van der Waals surface area contributed by atoms with Gasteiger partial charge in [0, 0.05) is 17.5 Å². The molecular formula is C14H21N3O2. The average molecular weight is 263 g/mol. The van der Waals surface area contributed by atoms with Crippen molar-refractivity contribution in [1.29, 1.82) is 0 Å². The fourth-order valence-corrected chi connectivity index (χ4v) is 1.97. The Morgan fingerprint density at radius 2 is 1.89 bits per heavy atom. The molecule has 0 aliphatic rings. The van der Waals surface area contributed by atoms with Crippen LogP contribution >= 0.6 is 0 Å². The summed E-state index contributed by atoms with van der Waals surface area (Å²) in [5.74, 6) is -0.657. The molecular weight excluding hydrogens is 242 g/mol. The molecule has 0 aromatic heterocycles. The lowest BCUT2D eigenvalue weighted by molar-refractivity contribution is -0.119. The first-order valence-corrected chi connectivity index (χ1v) is 6.24. The van der Waals surface area contributed by atoms with Crippen molar-refractivity contribution in [2.75, 3.05) is 6.54 Å². The van der Waals surface area contributed by atoms with E-state index in [4.69, 9.17) is 11.5 Å². The number of benzene rings is 1. The highest BCUT2D eigenvalue weighted by Crippen LogP contribution is 2.13. The van der Waals surface area contributed by atoms with Crippen LogP contribution in [0.4, 0.5) is 0 Å². The van der Waals surface area contributed by atoms with Gasteiger partial charge in [-0.25, -0.2) is 0 Å². The number of amides is 2. The largest absolute Gasteiger partial charge is 0.370 e. The van der Waals surface area contributed by atoms with Crippen molar-refractivity contribution in [2.24, 2.45) is 11.5 Å². The van der Waals surface area contributed by atoms with Crippen LogP contribution in [0.3, 0.4) is 0 Å². The van der Waals surface area contributed by atoms with Crippen LogP contribution in [0.2, 0.25) is 0 Å². The molecule has 5 heteroatoms. The van der Waals surface area contributed by atoms with Crippen molar-refractivity contribution in [3.05, 3.63) is 35.4 Å². The van der Waals surface area contributed by atoms with Gasteiger partial charge in [0.05, 0.1) is 0 Å². The third-order valence-corrected chi connectivity index (χ3v) is 2.74. The van der Waals surface area contributed by atoms with Crippen LogP contribution < -0.4 is 16.8 Å². The molecule has 0 heterocycles. The fourth-order valence-electron chi connectivity index (χ4n) is 1.97. The molecule has 0 spiro atoms. The smallest absolute Gasteiger partial charge is 0.251 e. The van der Waals surface area contributed by atoms with E-state index in [9.17, 15) is 9.59 Å². The number of nitrogens with one attached hydrogen (secondary N) is 1. The van der Waals surface area contributed by atoms with Gasteiger partial charge in [-0.15, -0.1) is 0 Å². The number of primary amides is 1. The maximum atomic E-state index is 12.2. The van der Waals surface area contributed by atoms with Crippen molar-refractivity contribution in [3.8, 4) is 0 Å². The number of carbonyl (C=O) groups is 2. The van der Waals surface area contributed by atoms with Crippen LogP contribution in [0.25, 0.3) is 0 Å². The third kappa shape index (κ3) is 4.71. The molecule has 5 N–H and O–H groups in total. The molecule has 1 aromatic rings. The summed E-state index contributed by atoms with van der Waals surface area (Å²) in [6, 6.07) is 7.30. The van der Waals surface area contributed by atoms with Crippen LogP contribution in [0.15, 0.2) is 24.3 Å². The molecule has 0 aliphatic carbocycles. The Labute approximate surface area is 113 Å². The van der Waals surface area contributed by atoms with Crippen molar-refractivity contribution in [2.45, 2.75) is 32.2 Å². The first-order chi connectivity index (χ1) is 8.85. The minimum Gasteiger partial charge on any atom is -0.370 e. The molecule has 0 saturated heterocycles.